The van der Waals surface area contributed by atoms with Gasteiger partial charge in [-0.05, 0) is 41.7 Å². The van der Waals surface area contributed by atoms with Gasteiger partial charge in [0.1, 0.15) is 0 Å². The lowest BCUT2D eigenvalue weighted by atomic mass is 9.98. The molecular weight excluding hydrogens is 196 g/mol. The first-order chi connectivity index (χ1) is 6.92. The lowest BCUT2D eigenvalue weighted by Gasteiger charge is -2.29. The van der Waals surface area contributed by atoms with Gasteiger partial charge in [0, 0.05) is 6.61 Å². The molecule has 1 aliphatic heterocycles. The van der Waals surface area contributed by atoms with Gasteiger partial charge < -0.3 is 4.74 Å². The van der Waals surface area contributed by atoms with Crippen LogP contribution in [-0.4, -0.2) is 12.7 Å². The molecule has 0 radical (unpaired) electrons. The Bertz CT molecular complexity index is 257. The molecule has 14 heavy (non-hydrogen) atoms. The van der Waals surface area contributed by atoms with Crippen molar-refractivity contribution in [3.8, 4) is 0 Å². The fraction of sp³-hybridized carbons (Fsp3) is 0.600. The number of thiophene rings is 1. The normalized spacial score (nSPS) is 24.8. The molecule has 78 valence electrons. The van der Waals surface area contributed by atoms with Crippen LogP contribution in [-0.2, 0) is 4.74 Å². The number of hydrogen-bond donors (Lipinski definition) is 2. The fourth-order valence-electron chi connectivity index (χ4n) is 1.90. The molecule has 1 aromatic rings. The molecule has 2 rings (SSSR count). The lowest BCUT2D eigenvalue weighted by molar-refractivity contribution is -0.00813. The summed E-state index contributed by atoms with van der Waals surface area (Å²) in [5, 5.41) is 4.20. The quantitative estimate of drug-likeness (QED) is 0.593. The Kier molecular flexibility index (Phi) is 3.53. The van der Waals surface area contributed by atoms with Gasteiger partial charge in [-0.3, -0.25) is 11.3 Å². The number of nitrogens with one attached hydrogen (secondary N) is 1. The maximum Gasteiger partial charge on any atom is 0.0783 e. The average molecular weight is 212 g/mol. The van der Waals surface area contributed by atoms with E-state index >= 15 is 0 Å². The summed E-state index contributed by atoms with van der Waals surface area (Å²) < 4.78 is 5.72. The van der Waals surface area contributed by atoms with E-state index in [0.29, 0.717) is 0 Å². The minimum atomic E-state index is 0.154. The average Bonchev–Trinajstić information content (AvgIpc) is 2.74. The minimum Gasteiger partial charge on any atom is -0.376 e. The Hall–Kier alpha value is -0.420. The van der Waals surface area contributed by atoms with Crippen LogP contribution in [0.4, 0.5) is 0 Å². The van der Waals surface area contributed by atoms with E-state index in [1.165, 1.54) is 18.4 Å². The summed E-state index contributed by atoms with van der Waals surface area (Å²) in [4.78, 5) is 0. The fourth-order valence-corrected chi connectivity index (χ4v) is 2.60. The van der Waals surface area contributed by atoms with Crippen molar-refractivity contribution in [1.29, 1.82) is 0 Å². The summed E-state index contributed by atoms with van der Waals surface area (Å²) in [7, 11) is 0. The Morgan fingerprint density at radius 2 is 2.50 bits per heavy atom. The predicted octanol–water partition coefficient (Wildman–Crippen LogP) is 1.82. The first-order valence-corrected chi connectivity index (χ1v) is 5.96. The molecular formula is C10H16N2OS. The summed E-state index contributed by atoms with van der Waals surface area (Å²) in [5.41, 5.74) is 4.10. The molecule has 1 aliphatic rings. The zero-order chi connectivity index (χ0) is 9.80. The van der Waals surface area contributed by atoms with E-state index in [2.05, 4.69) is 22.3 Å². The first kappa shape index (κ1) is 10.1. The SMILES string of the molecule is NNC(c1ccsc1)C1CCCCO1. The van der Waals surface area contributed by atoms with Gasteiger partial charge in [-0.25, -0.2) is 0 Å². The Morgan fingerprint density at radius 3 is 3.07 bits per heavy atom. The molecule has 2 atom stereocenters. The largest absolute Gasteiger partial charge is 0.376 e. The molecule has 1 aromatic heterocycles. The minimum absolute atomic E-state index is 0.154. The summed E-state index contributed by atoms with van der Waals surface area (Å²) in [6, 6.07) is 2.26. The van der Waals surface area contributed by atoms with Gasteiger partial charge >= 0.3 is 0 Å². The Morgan fingerprint density at radius 1 is 1.57 bits per heavy atom. The van der Waals surface area contributed by atoms with E-state index in [4.69, 9.17) is 10.6 Å². The highest BCUT2D eigenvalue weighted by molar-refractivity contribution is 7.07. The van der Waals surface area contributed by atoms with Crippen LogP contribution < -0.4 is 11.3 Å². The van der Waals surface area contributed by atoms with Crippen LogP contribution in [0.2, 0.25) is 0 Å². The zero-order valence-electron chi connectivity index (χ0n) is 8.11. The topological polar surface area (TPSA) is 47.3 Å². The molecule has 4 heteroatoms. The van der Waals surface area contributed by atoms with Crippen molar-refractivity contribution in [2.24, 2.45) is 5.84 Å². The van der Waals surface area contributed by atoms with E-state index in [1.54, 1.807) is 11.3 Å². The van der Waals surface area contributed by atoms with Crippen LogP contribution in [0, 0.1) is 0 Å². The molecule has 0 saturated carbocycles. The molecule has 1 saturated heterocycles. The maximum absolute atomic E-state index is 5.72. The van der Waals surface area contributed by atoms with Crippen molar-refractivity contribution in [3.05, 3.63) is 22.4 Å². The molecule has 0 aromatic carbocycles. The van der Waals surface area contributed by atoms with E-state index in [1.807, 2.05) is 0 Å². The highest BCUT2D eigenvalue weighted by Gasteiger charge is 2.24. The van der Waals surface area contributed by atoms with E-state index in [-0.39, 0.29) is 12.1 Å². The number of hydrazine groups is 1. The molecule has 2 heterocycles. The monoisotopic (exact) mass is 212 g/mol. The van der Waals surface area contributed by atoms with Crippen LogP contribution in [0.1, 0.15) is 30.9 Å². The maximum atomic E-state index is 5.72. The van der Waals surface area contributed by atoms with Crippen LogP contribution in [0.25, 0.3) is 0 Å². The van der Waals surface area contributed by atoms with Crippen molar-refractivity contribution in [3.63, 3.8) is 0 Å². The van der Waals surface area contributed by atoms with E-state index in [0.717, 1.165) is 13.0 Å². The third kappa shape index (κ3) is 2.15. The second-order valence-corrected chi connectivity index (χ2v) is 4.39. The Balaban J connectivity index is 2.04. The van der Waals surface area contributed by atoms with Crippen molar-refractivity contribution in [2.45, 2.75) is 31.4 Å². The summed E-state index contributed by atoms with van der Waals surface area (Å²) in [6.45, 7) is 0.868. The second kappa shape index (κ2) is 4.89. The van der Waals surface area contributed by atoms with Gasteiger partial charge in [-0.1, -0.05) is 0 Å². The molecule has 1 fully saturated rings. The van der Waals surface area contributed by atoms with Crippen molar-refractivity contribution < 1.29 is 4.74 Å². The molecule has 0 spiro atoms. The van der Waals surface area contributed by atoms with E-state index in [9.17, 15) is 0 Å². The van der Waals surface area contributed by atoms with Crippen molar-refractivity contribution >= 4 is 11.3 Å². The molecule has 0 amide bonds. The standard InChI is InChI=1S/C10H16N2OS/c11-12-10(8-4-6-14-7-8)9-3-1-2-5-13-9/h4,6-7,9-10,12H,1-3,5,11H2. The van der Waals surface area contributed by atoms with Gasteiger partial charge in [-0.15, -0.1) is 0 Å². The number of nitrogens with two attached hydrogens (primary N) is 1. The van der Waals surface area contributed by atoms with Crippen molar-refractivity contribution in [2.75, 3.05) is 6.61 Å². The van der Waals surface area contributed by atoms with Gasteiger partial charge in [0.15, 0.2) is 0 Å². The molecule has 0 bridgehead atoms. The third-order valence-electron chi connectivity index (χ3n) is 2.67. The molecule has 0 aliphatic carbocycles. The van der Waals surface area contributed by atoms with Crippen LogP contribution in [0.3, 0.4) is 0 Å². The second-order valence-electron chi connectivity index (χ2n) is 3.61. The van der Waals surface area contributed by atoms with E-state index < -0.39 is 0 Å². The number of ether oxygens (including phenoxy) is 1. The van der Waals surface area contributed by atoms with Crippen LogP contribution >= 0.6 is 11.3 Å². The number of hydrogen-bond acceptors (Lipinski definition) is 4. The third-order valence-corrected chi connectivity index (χ3v) is 3.37. The van der Waals surface area contributed by atoms with Gasteiger partial charge in [0.2, 0.25) is 0 Å². The van der Waals surface area contributed by atoms with Gasteiger partial charge in [0.05, 0.1) is 12.1 Å². The summed E-state index contributed by atoms with van der Waals surface area (Å²) in [5.74, 6) is 5.57. The van der Waals surface area contributed by atoms with Crippen LogP contribution in [0.5, 0.6) is 0 Å². The summed E-state index contributed by atoms with van der Waals surface area (Å²) >= 11 is 1.70. The van der Waals surface area contributed by atoms with Gasteiger partial charge in [-0.2, -0.15) is 11.3 Å². The lowest BCUT2D eigenvalue weighted by Crippen LogP contribution is -2.39. The first-order valence-electron chi connectivity index (χ1n) is 5.01. The predicted molar refractivity (Wildman–Crippen MR) is 58.0 cm³/mol. The smallest absolute Gasteiger partial charge is 0.0783 e. The van der Waals surface area contributed by atoms with Gasteiger partial charge in [0.25, 0.3) is 0 Å². The highest BCUT2D eigenvalue weighted by atomic mass is 32.1. The Labute approximate surface area is 88.2 Å². The van der Waals surface area contributed by atoms with Crippen LogP contribution in [0.15, 0.2) is 16.8 Å². The van der Waals surface area contributed by atoms with Crippen molar-refractivity contribution in [1.82, 2.24) is 5.43 Å². The zero-order valence-corrected chi connectivity index (χ0v) is 8.93. The number of rotatable bonds is 3. The molecule has 3 nitrogen and oxygen atoms in total. The highest BCUT2D eigenvalue weighted by Crippen LogP contribution is 2.26. The molecule has 2 unspecified atom stereocenters. The summed E-state index contributed by atoms with van der Waals surface area (Å²) in [6.07, 6.45) is 3.76. The molecule has 3 N–H and O–H groups in total.